The molecule has 17 heteroatoms. The molecule has 1 aromatic heterocycles. The number of methoxy groups -OCH3 is 2. The highest BCUT2D eigenvalue weighted by atomic mass is 31.2. The molecule has 2 N–H and O–H groups in total. The van der Waals surface area contributed by atoms with Gasteiger partial charge in [0.05, 0.1) is 32.1 Å². The summed E-state index contributed by atoms with van der Waals surface area (Å²) in [7, 11) is -1.80. The van der Waals surface area contributed by atoms with E-state index in [0.29, 0.717) is 37.9 Å². The molecule has 1 aromatic carbocycles. The second-order valence-electron chi connectivity index (χ2n) is 9.88. The number of ether oxygens (including phenoxy) is 3. The third-order valence-corrected chi connectivity index (χ3v) is 8.62. The van der Waals surface area contributed by atoms with Crippen LogP contribution in [0.4, 0.5) is 17.6 Å². The molecule has 2 fully saturated rings. The van der Waals surface area contributed by atoms with Gasteiger partial charge in [0.2, 0.25) is 5.82 Å². The number of phosphoric ester groups is 1. The normalized spacial score (nSPS) is 29.7. The second kappa shape index (κ2) is 13.3. The predicted molar refractivity (Wildman–Crippen MR) is 137 cm³/mol. The van der Waals surface area contributed by atoms with Crippen molar-refractivity contribution in [2.45, 2.75) is 74.8 Å². The van der Waals surface area contributed by atoms with Crippen molar-refractivity contribution in [1.82, 2.24) is 9.55 Å². The van der Waals surface area contributed by atoms with Gasteiger partial charge in [-0.05, 0) is 56.4 Å². The Balaban J connectivity index is 1.61. The molecular formula is C25H31F4N2O10P. The van der Waals surface area contributed by atoms with E-state index in [1.165, 1.54) is 31.4 Å². The Kier molecular flexibility index (Phi) is 10.2. The molecule has 2 aromatic rings. The highest BCUT2D eigenvalue weighted by Crippen LogP contribution is 2.54. The van der Waals surface area contributed by atoms with Gasteiger partial charge in [0.1, 0.15) is 17.6 Å². The summed E-state index contributed by atoms with van der Waals surface area (Å²) in [6, 6.07) is 5.66. The summed E-state index contributed by atoms with van der Waals surface area (Å²) in [6.07, 6.45) is -9.19. The van der Waals surface area contributed by atoms with Crippen LogP contribution >= 0.6 is 7.82 Å². The van der Waals surface area contributed by atoms with Gasteiger partial charge < -0.3 is 23.8 Å². The molecule has 2 heterocycles. The number of aliphatic hydroxyl groups is 1. The number of aromatic nitrogens is 2. The van der Waals surface area contributed by atoms with Gasteiger partial charge in [0.15, 0.2) is 18.0 Å². The van der Waals surface area contributed by atoms with E-state index in [2.05, 4.69) is 0 Å². The number of alkyl halides is 3. The molecule has 0 spiro atoms. The number of aliphatic hydroxyl groups excluding tert-OH is 1. The summed E-state index contributed by atoms with van der Waals surface area (Å²) in [5, 5.41) is 10.5. The lowest BCUT2D eigenvalue weighted by molar-refractivity contribution is -0.194. The van der Waals surface area contributed by atoms with Crippen LogP contribution in [-0.4, -0.2) is 72.0 Å². The van der Waals surface area contributed by atoms with Gasteiger partial charge >= 0.3 is 13.5 Å². The van der Waals surface area contributed by atoms with Crippen LogP contribution in [0.1, 0.15) is 38.3 Å². The van der Waals surface area contributed by atoms with Gasteiger partial charge in [0, 0.05) is 7.11 Å². The topological polar surface area (TPSA) is 148 Å². The number of hydrogen-bond acceptors (Lipinski definition) is 10. The Morgan fingerprint density at radius 3 is 2.40 bits per heavy atom. The molecule has 0 radical (unpaired) electrons. The molecule has 4 rings (SSSR count). The van der Waals surface area contributed by atoms with Crippen LogP contribution in [0.25, 0.3) is 0 Å². The van der Waals surface area contributed by atoms with Gasteiger partial charge in [-0.2, -0.15) is 4.39 Å². The largest absolute Gasteiger partial charge is 0.530 e. The van der Waals surface area contributed by atoms with Gasteiger partial charge in [-0.1, -0.05) is 0 Å². The molecule has 7 atom stereocenters. The van der Waals surface area contributed by atoms with Gasteiger partial charge in [0.25, 0.3) is 12.0 Å². The molecule has 1 saturated heterocycles. The fourth-order valence-corrected chi connectivity index (χ4v) is 6.26. The van der Waals surface area contributed by atoms with Crippen molar-refractivity contribution < 1.29 is 55.0 Å². The van der Waals surface area contributed by atoms with Crippen molar-refractivity contribution in [2.24, 2.45) is 0 Å². The van der Waals surface area contributed by atoms with Gasteiger partial charge in [-0.15, -0.1) is 0 Å². The first-order valence-electron chi connectivity index (χ1n) is 13.0. The lowest BCUT2D eigenvalue weighted by Gasteiger charge is -2.32. The molecule has 1 saturated carbocycles. The monoisotopic (exact) mass is 626 g/mol. The van der Waals surface area contributed by atoms with Crippen molar-refractivity contribution >= 4 is 7.82 Å². The third kappa shape index (κ3) is 6.90. The minimum atomic E-state index is -4.78. The summed E-state index contributed by atoms with van der Waals surface area (Å²) in [6.45, 7) is -1.43. The first kappa shape index (κ1) is 32.2. The molecule has 1 aliphatic heterocycles. The van der Waals surface area contributed by atoms with Crippen LogP contribution in [-0.2, 0) is 23.1 Å². The quantitative estimate of drug-likeness (QED) is 0.216. The molecule has 2 aliphatic rings. The predicted octanol–water partition coefficient (Wildman–Crippen LogP) is 3.48. The van der Waals surface area contributed by atoms with Crippen molar-refractivity contribution in [2.75, 3.05) is 20.8 Å². The zero-order chi connectivity index (χ0) is 30.7. The van der Waals surface area contributed by atoms with Crippen LogP contribution in [0.5, 0.6) is 11.5 Å². The van der Waals surface area contributed by atoms with Crippen molar-refractivity contribution in [3.05, 3.63) is 57.1 Å². The second-order valence-corrected chi connectivity index (χ2v) is 11.4. The number of nitrogens with zero attached hydrogens (tertiary/aromatic N) is 1. The lowest BCUT2D eigenvalue weighted by Crippen LogP contribution is -2.52. The number of nitrogens with one attached hydrogen (secondary N) is 1. The minimum absolute atomic E-state index is 0.0435. The van der Waals surface area contributed by atoms with E-state index in [-0.39, 0.29) is 22.6 Å². The van der Waals surface area contributed by atoms with Crippen molar-refractivity contribution in [1.29, 1.82) is 0 Å². The highest BCUT2D eigenvalue weighted by molar-refractivity contribution is 7.49. The Morgan fingerprint density at radius 1 is 1.12 bits per heavy atom. The smallest absolute Gasteiger partial charge is 0.497 e. The molecule has 4 unspecified atom stereocenters. The molecule has 234 valence electrons. The SMILES string of the molecule is COc1ccc(OP(=O)(OCC2(C(F)F)O[C@@H](n3cc(F)c(=O)[nH]c3=O)[C@H](F)[C@@H]2O)OC2CCCC(OC)CC2)cc1. The summed E-state index contributed by atoms with van der Waals surface area (Å²) in [5.41, 5.74) is -6.02. The zero-order valence-corrected chi connectivity index (χ0v) is 23.5. The summed E-state index contributed by atoms with van der Waals surface area (Å²) < 4.78 is 104. The van der Waals surface area contributed by atoms with Crippen molar-refractivity contribution in [3.8, 4) is 11.5 Å². The van der Waals surface area contributed by atoms with E-state index < -0.39 is 68.1 Å². The summed E-state index contributed by atoms with van der Waals surface area (Å²) >= 11 is 0. The maximum atomic E-state index is 15.2. The van der Waals surface area contributed by atoms with Crippen LogP contribution < -0.4 is 20.5 Å². The highest BCUT2D eigenvalue weighted by Gasteiger charge is 2.62. The van der Waals surface area contributed by atoms with Crippen LogP contribution in [0.3, 0.4) is 0 Å². The fraction of sp³-hybridized carbons (Fsp3) is 0.600. The summed E-state index contributed by atoms with van der Waals surface area (Å²) in [4.78, 5) is 25.1. The molecule has 0 amide bonds. The Hall–Kier alpha value is -2.75. The molecule has 12 nitrogen and oxygen atoms in total. The van der Waals surface area contributed by atoms with E-state index in [1.54, 1.807) is 12.1 Å². The van der Waals surface area contributed by atoms with Crippen molar-refractivity contribution in [3.63, 3.8) is 0 Å². The number of aromatic amines is 1. The maximum Gasteiger partial charge on any atom is 0.530 e. The van der Waals surface area contributed by atoms with E-state index in [1.807, 2.05) is 0 Å². The molecular weight excluding hydrogens is 595 g/mol. The van der Waals surface area contributed by atoms with E-state index >= 15 is 4.39 Å². The Bertz CT molecular complexity index is 1380. The maximum absolute atomic E-state index is 15.2. The average molecular weight is 626 g/mol. The minimum Gasteiger partial charge on any atom is -0.497 e. The zero-order valence-electron chi connectivity index (χ0n) is 22.6. The first-order valence-corrected chi connectivity index (χ1v) is 14.5. The van der Waals surface area contributed by atoms with Gasteiger partial charge in [-0.3, -0.25) is 23.4 Å². The average Bonchev–Trinajstić information content (AvgIpc) is 3.08. The number of hydrogen-bond donors (Lipinski definition) is 2. The van der Waals surface area contributed by atoms with E-state index in [4.69, 9.17) is 27.8 Å². The number of benzene rings is 1. The van der Waals surface area contributed by atoms with Crippen LogP contribution in [0.2, 0.25) is 0 Å². The third-order valence-electron chi connectivity index (χ3n) is 7.18. The molecule has 0 bridgehead atoms. The Morgan fingerprint density at radius 2 is 1.76 bits per heavy atom. The Labute approximate surface area is 237 Å². The van der Waals surface area contributed by atoms with Gasteiger partial charge in [-0.25, -0.2) is 22.5 Å². The standard InChI is InChI=1S/C25H31F4N2O10P/c1-36-14-4-3-5-16(9-6-14)40-42(35,41-17-10-7-15(37-2)8-11-17)38-13-25(23(28)29)20(32)19(27)22(39-25)31-12-18(26)21(33)30-24(31)34/h7-8,10-12,14,16,19-20,22-23,32H,3-6,9,13H2,1-2H3,(H,30,33,34)/t14?,16?,19-,20+,22-,25?,42?/m1/s1. The number of H-pyrrole nitrogens is 1. The number of halogens is 4. The fourth-order valence-electron chi connectivity index (χ4n) is 4.79. The number of phosphoric acid groups is 1. The van der Waals surface area contributed by atoms with E-state index in [0.717, 1.165) is 0 Å². The number of rotatable bonds is 11. The molecule has 1 aliphatic carbocycles. The summed E-state index contributed by atoms with van der Waals surface area (Å²) in [5.74, 6) is -1.14. The lowest BCUT2D eigenvalue weighted by atomic mass is 9.97. The first-order chi connectivity index (χ1) is 19.9. The van der Waals surface area contributed by atoms with Crippen LogP contribution in [0.15, 0.2) is 40.1 Å². The molecule has 42 heavy (non-hydrogen) atoms. The van der Waals surface area contributed by atoms with Crippen LogP contribution in [0, 0.1) is 5.82 Å². The van der Waals surface area contributed by atoms with E-state index in [9.17, 15) is 32.4 Å².